The van der Waals surface area contributed by atoms with Gasteiger partial charge in [-0.3, -0.25) is 0 Å². The van der Waals surface area contributed by atoms with E-state index in [0.29, 0.717) is 13.0 Å². The molecule has 1 aromatic heterocycles. The number of hydrogen-bond donors (Lipinski definition) is 0. The summed E-state index contributed by atoms with van der Waals surface area (Å²) in [5, 5.41) is 7.01. The first-order valence-electron chi connectivity index (χ1n) is 3.18. The second kappa shape index (κ2) is 4.35. The molecule has 0 spiro atoms. The largest absolute Gasteiger partial charge is 0.365 e. The van der Waals surface area contributed by atoms with Crippen LogP contribution in [-0.2, 0) is 0 Å². The second-order valence-electron chi connectivity index (χ2n) is 1.87. The zero-order valence-electron chi connectivity index (χ0n) is 5.84. The highest BCUT2D eigenvalue weighted by molar-refractivity contribution is 5.07. The molecule has 11 heavy (non-hydrogen) atoms. The van der Waals surface area contributed by atoms with Gasteiger partial charge in [-0.05, 0) is 12.0 Å². The molecular formula is C6H7N4O. The number of rotatable bonds is 4. The highest BCUT2D eigenvalue weighted by Gasteiger charge is 1.94. The summed E-state index contributed by atoms with van der Waals surface area (Å²) in [5.41, 5.74) is 8.71. The average molecular weight is 151 g/mol. The summed E-state index contributed by atoms with van der Waals surface area (Å²) in [6.07, 6.45) is 4.04. The van der Waals surface area contributed by atoms with E-state index in [2.05, 4.69) is 19.7 Å². The third-order valence-corrected chi connectivity index (χ3v) is 1.10. The molecule has 0 fully saturated rings. The molecule has 0 amide bonds. The molecule has 1 aromatic rings. The van der Waals surface area contributed by atoms with Crippen molar-refractivity contribution < 1.29 is 4.52 Å². The molecular weight excluding hydrogens is 144 g/mol. The minimum absolute atomic E-state index is 0.462. The highest BCUT2D eigenvalue weighted by atomic mass is 16.5. The predicted molar refractivity (Wildman–Crippen MR) is 38.5 cm³/mol. The Balaban J connectivity index is 2.18. The summed E-state index contributed by atoms with van der Waals surface area (Å²) in [6, 6.07) is 1.75. The number of nitrogens with zero attached hydrogens (tertiary/aromatic N) is 4. The monoisotopic (exact) mass is 151 g/mol. The summed E-state index contributed by atoms with van der Waals surface area (Å²) in [6.45, 7) is 0.462. The molecule has 0 unspecified atom stereocenters. The second-order valence-corrected chi connectivity index (χ2v) is 1.87. The van der Waals surface area contributed by atoms with Gasteiger partial charge in [0.1, 0.15) is 6.26 Å². The molecule has 0 saturated heterocycles. The maximum atomic E-state index is 7.93. The average Bonchev–Trinajstić information content (AvgIpc) is 2.50. The number of aromatic nitrogens is 1. The smallest absolute Gasteiger partial charge is 0.124 e. The lowest BCUT2D eigenvalue weighted by Crippen LogP contribution is -1.83. The van der Waals surface area contributed by atoms with Gasteiger partial charge in [-0.25, -0.2) is 0 Å². The van der Waals surface area contributed by atoms with Crippen molar-refractivity contribution in [1.82, 2.24) is 5.16 Å². The van der Waals surface area contributed by atoms with Crippen molar-refractivity contribution in [2.45, 2.75) is 6.42 Å². The topological polar surface area (TPSA) is 74.8 Å². The minimum atomic E-state index is 0.462. The number of azide groups is 1. The van der Waals surface area contributed by atoms with Gasteiger partial charge < -0.3 is 4.52 Å². The minimum Gasteiger partial charge on any atom is -0.365 e. The Hall–Kier alpha value is -1.48. The highest BCUT2D eigenvalue weighted by Crippen LogP contribution is 2.01. The van der Waals surface area contributed by atoms with E-state index in [1.54, 1.807) is 6.07 Å². The molecule has 57 valence electrons. The van der Waals surface area contributed by atoms with Crippen LogP contribution in [0.3, 0.4) is 0 Å². The fourth-order valence-electron chi connectivity index (χ4n) is 0.642. The fraction of sp³-hybridized carbons (Fsp3) is 0.333. The molecule has 0 bridgehead atoms. The summed E-state index contributed by atoms with van der Waals surface area (Å²) in [7, 11) is 0. The molecule has 0 aliphatic carbocycles. The zero-order valence-corrected chi connectivity index (χ0v) is 5.84. The summed E-state index contributed by atoms with van der Waals surface area (Å²) in [4.78, 5) is 2.62. The summed E-state index contributed by atoms with van der Waals surface area (Å²) < 4.78 is 4.59. The lowest BCUT2D eigenvalue weighted by molar-refractivity contribution is 0.415. The van der Waals surface area contributed by atoms with Gasteiger partial charge in [0.2, 0.25) is 0 Å². The van der Waals surface area contributed by atoms with Crippen molar-refractivity contribution in [2.24, 2.45) is 5.11 Å². The molecule has 1 heterocycles. The Labute approximate surface area is 63.6 Å². The molecule has 0 aliphatic heterocycles. The van der Waals surface area contributed by atoms with Crippen LogP contribution in [0.15, 0.2) is 22.0 Å². The lowest BCUT2D eigenvalue weighted by atomic mass is 10.2. The maximum Gasteiger partial charge on any atom is 0.124 e. The molecule has 1 radical (unpaired) electrons. The SMILES string of the molecule is [N-]=[N+]=NCC[CH]c1ccon1. The fourth-order valence-corrected chi connectivity index (χ4v) is 0.642. The zero-order chi connectivity index (χ0) is 7.94. The summed E-state index contributed by atoms with van der Waals surface area (Å²) in [5.74, 6) is 0. The van der Waals surface area contributed by atoms with Crippen molar-refractivity contribution in [3.8, 4) is 0 Å². The Kier molecular flexibility index (Phi) is 3.02. The molecule has 5 nitrogen and oxygen atoms in total. The van der Waals surface area contributed by atoms with Crippen LogP contribution in [0.5, 0.6) is 0 Å². The van der Waals surface area contributed by atoms with Crippen LogP contribution < -0.4 is 0 Å². The van der Waals surface area contributed by atoms with Crippen LogP contribution in [0.1, 0.15) is 12.1 Å². The van der Waals surface area contributed by atoms with Crippen molar-refractivity contribution in [3.63, 3.8) is 0 Å². The molecule has 0 aromatic carbocycles. The Morgan fingerprint density at radius 1 is 1.82 bits per heavy atom. The van der Waals surface area contributed by atoms with E-state index in [-0.39, 0.29) is 0 Å². The van der Waals surface area contributed by atoms with Gasteiger partial charge in [-0.2, -0.15) is 0 Å². The van der Waals surface area contributed by atoms with Gasteiger partial charge in [0.15, 0.2) is 0 Å². The van der Waals surface area contributed by atoms with Crippen LogP contribution in [0, 0.1) is 6.42 Å². The van der Waals surface area contributed by atoms with E-state index < -0.39 is 0 Å². The number of hydrogen-bond acceptors (Lipinski definition) is 3. The Bertz CT molecular complexity index is 237. The predicted octanol–water partition coefficient (Wildman–Crippen LogP) is 1.93. The van der Waals surface area contributed by atoms with Crippen LogP contribution in [-0.4, -0.2) is 11.7 Å². The van der Waals surface area contributed by atoms with E-state index >= 15 is 0 Å². The van der Waals surface area contributed by atoms with Gasteiger partial charge in [-0.15, -0.1) is 0 Å². The lowest BCUT2D eigenvalue weighted by Gasteiger charge is -1.87. The van der Waals surface area contributed by atoms with Gasteiger partial charge in [-0.1, -0.05) is 10.3 Å². The van der Waals surface area contributed by atoms with E-state index in [4.69, 9.17) is 5.53 Å². The van der Waals surface area contributed by atoms with Crippen molar-refractivity contribution in [3.05, 3.63) is 34.9 Å². The first-order chi connectivity index (χ1) is 5.43. The Morgan fingerprint density at radius 2 is 2.73 bits per heavy atom. The molecule has 0 N–H and O–H groups in total. The molecule has 0 saturated carbocycles. The first kappa shape index (κ1) is 7.63. The van der Waals surface area contributed by atoms with Gasteiger partial charge in [0.25, 0.3) is 0 Å². The van der Waals surface area contributed by atoms with Gasteiger partial charge in [0.05, 0.1) is 5.69 Å². The van der Waals surface area contributed by atoms with E-state index in [9.17, 15) is 0 Å². The van der Waals surface area contributed by atoms with E-state index in [1.807, 2.05) is 6.42 Å². The van der Waals surface area contributed by atoms with Crippen LogP contribution in [0.4, 0.5) is 0 Å². The van der Waals surface area contributed by atoms with Crippen molar-refractivity contribution >= 4 is 0 Å². The van der Waals surface area contributed by atoms with Gasteiger partial charge >= 0.3 is 0 Å². The standard InChI is InChI=1S/C6H7N4O/c7-10-8-4-1-2-6-3-5-11-9-6/h2-3,5H,1,4H2. The maximum absolute atomic E-state index is 7.93. The third-order valence-electron chi connectivity index (χ3n) is 1.10. The van der Waals surface area contributed by atoms with E-state index in [0.717, 1.165) is 5.69 Å². The third kappa shape index (κ3) is 2.73. The quantitative estimate of drug-likeness (QED) is 0.285. The molecule has 1 rings (SSSR count). The molecule has 0 aliphatic rings. The normalized spacial score (nSPS) is 9.09. The van der Waals surface area contributed by atoms with Crippen molar-refractivity contribution in [1.29, 1.82) is 0 Å². The van der Waals surface area contributed by atoms with Crippen molar-refractivity contribution in [2.75, 3.05) is 6.54 Å². The van der Waals surface area contributed by atoms with E-state index in [1.165, 1.54) is 6.26 Å². The molecule has 5 heteroatoms. The van der Waals surface area contributed by atoms with Crippen LogP contribution >= 0.6 is 0 Å². The first-order valence-corrected chi connectivity index (χ1v) is 3.18. The Morgan fingerprint density at radius 3 is 3.36 bits per heavy atom. The van der Waals surface area contributed by atoms with Crippen LogP contribution in [0.25, 0.3) is 10.4 Å². The van der Waals surface area contributed by atoms with Gasteiger partial charge in [0, 0.05) is 23.9 Å². The molecule has 0 atom stereocenters. The summed E-state index contributed by atoms with van der Waals surface area (Å²) >= 11 is 0. The van der Waals surface area contributed by atoms with Crippen LogP contribution in [0.2, 0.25) is 0 Å².